The van der Waals surface area contributed by atoms with Gasteiger partial charge in [-0.1, -0.05) is 0 Å². The molecule has 0 spiro atoms. The summed E-state index contributed by atoms with van der Waals surface area (Å²) in [6, 6.07) is 0. The lowest BCUT2D eigenvalue weighted by Crippen LogP contribution is -2.63. The minimum Gasteiger partial charge on any atom is -0.378 e. The highest BCUT2D eigenvalue weighted by atomic mass is 16.5. The Hall–Kier alpha value is -1.10. The molecule has 102 valence electrons. The molecule has 2 rings (SSSR count). The van der Waals surface area contributed by atoms with E-state index >= 15 is 0 Å². The van der Waals surface area contributed by atoms with E-state index in [9.17, 15) is 9.59 Å². The Balaban J connectivity index is 1.96. The second kappa shape index (κ2) is 5.26. The molecule has 0 bridgehead atoms. The first-order valence-corrected chi connectivity index (χ1v) is 6.72. The summed E-state index contributed by atoms with van der Waals surface area (Å²) in [6.45, 7) is 5.47. The first-order valence-electron chi connectivity index (χ1n) is 6.72. The lowest BCUT2D eigenvalue weighted by Gasteiger charge is -2.41. The number of carbonyl (C=O) groups is 2. The van der Waals surface area contributed by atoms with Crippen LogP contribution in [0.25, 0.3) is 0 Å². The highest BCUT2D eigenvalue weighted by molar-refractivity contribution is 5.91. The van der Waals surface area contributed by atoms with Gasteiger partial charge in [0.05, 0.1) is 12.5 Å². The van der Waals surface area contributed by atoms with E-state index in [-0.39, 0.29) is 17.9 Å². The summed E-state index contributed by atoms with van der Waals surface area (Å²) < 4.78 is 5.59. The van der Waals surface area contributed by atoms with Crippen LogP contribution >= 0.6 is 0 Å². The van der Waals surface area contributed by atoms with E-state index in [2.05, 4.69) is 5.32 Å². The summed E-state index contributed by atoms with van der Waals surface area (Å²) in [4.78, 5) is 25.8. The van der Waals surface area contributed by atoms with Gasteiger partial charge in [-0.15, -0.1) is 0 Å². The zero-order valence-electron chi connectivity index (χ0n) is 11.2. The normalized spacial score (nSPS) is 27.8. The fourth-order valence-corrected chi connectivity index (χ4v) is 2.61. The Morgan fingerprint density at radius 1 is 1.50 bits per heavy atom. The van der Waals surface area contributed by atoms with Gasteiger partial charge in [0.2, 0.25) is 11.8 Å². The van der Waals surface area contributed by atoms with Crippen molar-refractivity contribution < 1.29 is 14.3 Å². The highest BCUT2D eigenvalue weighted by Crippen LogP contribution is 2.22. The molecule has 0 aliphatic carbocycles. The molecular formula is C13H22N2O3. The molecule has 18 heavy (non-hydrogen) atoms. The topological polar surface area (TPSA) is 58.6 Å². The Kier molecular flexibility index (Phi) is 3.90. The fourth-order valence-electron chi connectivity index (χ4n) is 2.61. The average molecular weight is 254 g/mol. The van der Waals surface area contributed by atoms with Gasteiger partial charge < -0.3 is 15.0 Å². The van der Waals surface area contributed by atoms with Crippen LogP contribution in [0.5, 0.6) is 0 Å². The van der Waals surface area contributed by atoms with Crippen LogP contribution in [0.3, 0.4) is 0 Å². The number of hydrogen-bond acceptors (Lipinski definition) is 3. The monoisotopic (exact) mass is 254 g/mol. The van der Waals surface area contributed by atoms with Crippen molar-refractivity contribution >= 4 is 11.8 Å². The van der Waals surface area contributed by atoms with Crippen molar-refractivity contribution in [2.45, 2.75) is 51.2 Å². The maximum atomic E-state index is 12.3. The highest BCUT2D eigenvalue weighted by Gasteiger charge is 2.40. The van der Waals surface area contributed by atoms with Crippen molar-refractivity contribution in [2.24, 2.45) is 0 Å². The molecule has 5 heteroatoms. The van der Waals surface area contributed by atoms with Crippen molar-refractivity contribution in [2.75, 3.05) is 19.7 Å². The summed E-state index contributed by atoms with van der Waals surface area (Å²) in [6.07, 6.45) is 3.60. The van der Waals surface area contributed by atoms with E-state index in [1.54, 1.807) is 18.7 Å². The molecule has 1 atom stereocenters. The number of piperazine rings is 1. The number of nitrogens with one attached hydrogen (secondary N) is 1. The number of rotatable bonds is 2. The van der Waals surface area contributed by atoms with Crippen molar-refractivity contribution in [3.63, 3.8) is 0 Å². The van der Waals surface area contributed by atoms with Crippen LogP contribution < -0.4 is 5.32 Å². The second-order valence-corrected chi connectivity index (χ2v) is 5.55. The van der Waals surface area contributed by atoms with Gasteiger partial charge in [-0.05, 0) is 33.1 Å². The minimum atomic E-state index is -0.746. The molecule has 5 nitrogen and oxygen atoms in total. The molecule has 0 saturated carbocycles. The summed E-state index contributed by atoms with van der Waals surface area (Å²) in [5, 5.41) is 2.80. The molecule has 2 fully saturated rings. The van der Waals surface area contributed by atoms with E-state index in [0.29, 0.717) is 19.5 Å². The predicted octanol–water partition coefficient (Wildman–Crippen LogP) is 0.683. The quantitative estimate of drug-likeness (QED) is 0.788. The molecule has 0 aromatic heterocycles. The standard InChI is InChI=1S/C13H22N2O3/c1-13(2)12(17)14-6-7-15(13)11(16)9-10-5-3-4-8-18-10/h10H,3-9H2,1-2H3,(H,14,17). The van der Waals surface area contributed by atoms with E-state index in [1.165, 1.54) is 0 Å². The van der Waals surface area contributed by atoms with Gasteiger partial charge in [-0.3, -0.25) is 9.59 Å². The molecule has 2 aliphatic heterocycles. The van der Waals surface area contributed by atoms with Crippen LogP contribution in [0.4, 0.5) is 0 Å². The minimum absolute atomic E-state index is 0.0294. The maximum absolute atomic E-state index is 12.3. The zero-order chi connectivity index (χ0) is 13.2. The molecule has 1 N–H and O–H groups in total. The number of nitrogens with zero attached hydrogens (tertiary/aromatic N) is 1. The van der Waals surface area contributed by atoms with Crippen molar-refractivity contribution in [1.82, 2.24) is 10.2 Å². The largest absolute Gasteiger partial charge is 0.378 e. The van der Waals surface area contributed by atoms with Gasteiger partial charge in [0.25, 0.3) is 0 Å². The summed E-state index contributed by atoms with van der Waals surface area (Å²) >= 11 is 0. The van der Waals surface area contributed by atoms with Crippen molar-refractivity contribution in [3.05, 3.63) is 0 Å². The average Bonchev–Trinajstić information content (AvgIpc) is 2.33. The molecule has 0 radical (unpaired) electrons. The zero-order valence-corrected chi connectivity index (χ0v) is 11.2. The summed E-state index contributed by atoms with van der Waals surface area (Å²) in [5.74, 6) is -0.0478. The van der Waals surface area contributed by atoms with Crippen molar-refractivity contribution in [1.29, 1.82) is 0 Å². The Morgan fingerprint density at radius 2 is 2.28 bits per heavy atom. The van der Waals surface area contributed by atoms with Crippen LogP contribution in [-0.2, 0) is 14.3 Å². The maximum Gasteiger partial charge on any atom is 0.245 e. The van der Waals surface area contributed by atoms with Crippen LogP contribution in [0.15, 0.2) is 0 Å². The molecular weight excluding hydrogens is 232 g/mol. The van der Waals surface area contributed by atoms with E-state index in [0.717, 1.165) is 25.9 Å². The Labute approximate surface area is 108 Å². The molecule has 2 aliphatic rings. The van der Waals surface area contributed by atoms with Gasteiger partial charge in [-0.25, -0.2) is 0 Å². The van der Waals surface area contributed by atoms with Gasteiger partial charge in [0.15, 0.2) is 0 Å². The summed E-state index contributed by atoms with van der Waals surface area (Å²) in [5.41, 5.74) is -0.746. The van der Waals surface area contributed by atoms with Crippen LogP contribution in [0.1, 0.15) is 39.5 Å². The third-order valence-corrected chi connectivity index (χ3v) is 3.83. The van der Waals surface area contributed by atoms with Gasteiger partial charge in [-0.2, -0.15) is 0 Å². The Bertz CT molecular complexity index is 335. The fraction of sp³-hybridized carbons (Fsp3) is 0.846. The molecule has 2 saturated heterocycles. The molecule has 1 unspecified atom stereocenters. The number of ether oxygens (including phenoxy) is 1. The SMILES string of the molecule is CC1(C)C(=O)NCCN1C(=O)CC1CCCCO1. The number of hydrogen-bond donors (Lipinski definition) is 1. The van der Waals surface area contributed by atoms with Crippen molar-refractivity contribution in [3.8, 4) is 0 Å². The van der Waals surface area contributed by atoms with E-state index in [1.807, 2.05) is 0 Å². The smallest absolute Gasteiger partial charge is 0.245 e. The lowest BCUT2D eigenvalue weighted by molar-refractivity contribution is -0.151. The third kappa shape index (κ3) is 2.66. The first-order chi connectivity index (χ1) is 8.51. The van der Waals surface area contributed by atoms with Gasteiger partial charge in [0.1, 0.15) is 5.54 Å². The van der Waals surface area contributed by atoms with Crippen LogP contribution in [-0.4, -0.2) is 48.1 Å². The first kappa shape index (κ1) is 13.3. The molecule has 2 heterocycles. The molecule has 2 amide bonds. The third-order valence-electron chi connectivity index (χ3n) is 3.83. The molecule has 0 aromatic rings. The van der Waals surface area contributed by atoms with E-state index < -0.39 is 5.54 Å². The van der Waals surface area contributed by atoms with Crippen LogP contribution in [0.2, 0.25) is 0 Å². The summed E-state index contributed by atoms with van der Waals surface area (Å²) in [7, 11) is 0. The van der Waals surface area contributed by atoms with Gasteiger partial charge >= 0.3 is 0 Å². The lowest BCUT2D eigenvalue weighted by atomic mass is 9.97. The predicted molar refractivity (Wildman–Crippen MR) is 67.0 cm³/mol. The Morgan fingerprint density at radius 3 is 2.94 bits per heavy atom. The number of carbonyl (C=O) groups excluding carboxylic acids is 2. The van der Waals surface area contributed by atoms with Gasteiger partial charge in [0, 0.05) is 19.7 Å². The number of amides is 2. The van der Waals surface area contributed by atoms with E-state index in [4.69, 9.17) is 4.74 Å². The molecule has 0 aromatic carbocycles. The second-order valence-electron chi connectivity index (χ2n) is 5.55. The van der Waals surface area contributed by atoms with Crippen LogP contribution in [0, 0.1) is 0 Å².